The van der Waals surface area contributed by atoms with Gasteiger partial charge >= 0.3 is 12.0 Å². The highest BCUT2D eigenvalue weighted by molar-refractivity contribution is 7.99. The van der Waals surface area contributed by atoms with Crippen LogP contribution < -0.4 is 15.0 Å². The summed E-state index contributed by atoms with van der Waals surface area (Å²) in [5.41, 5.74) is 3.66. The molecule has 0 saturated carbocycles. The summed E-state index contributed by atoms with van der Waals surface area (Å²) in [6, 6.07) is 6.94. The topological polar surface area (TPSA) is 96.8 Å². The summed E-state index contributed by atoms with van der Waals surface area (Å²) in [6.45, 7) is 3.40. The maximum Gasteiger partial charge on any atom is 0.316 e. The van der Waals surface area contributed by atoms with Gasteiger partial charge in [-0.15, -0.1) is 0 Å². The van der Waals surface area contributed by atoms with Gasteiger partial charge in [-0.25, -0.2) is 9.97 Å². The lowest BCUT2D eigenvalue weighted by atomic mass is 9.95. The van der Waals surface area contributed by atoms with Crippen molar-refractivity contribution < 1.29 is 19.4 Å². The molecule has 1 unspecified atom stereocenters. The number of nitrogens with one attached hydrogen (secondary N) is 1. The first-order valence-corrected chi connectivity index (χ1v) is 12.0. The molecule has 2 heterocycles. The van der Waals surface area contributed by atoms with Crippen molar-refractivity contribution in [2.75, 3.05) is 49.1 Å². The van der Waals surface area contributed by atoms with Crippen LogP contribution in [0, 0.1) is 0 Å². The van der Waals surface area contributed by atoms with Gasteiger partial charge in [0.15, 0.2) is 0 Å². The normalized spacial score (nSPS) is 15.2. The van der Waals surface area contributed by atoms with E-state index in [1.54, 1.807) is 19.5 Å². The molecular formula is C23H32N4O4S. The molecule has 0 aliphatic carbocycles. The zero-order chi connectivity index (χ0) is 22.9. The Labute approximate surface area is 193 Å². The Hall–Kier alpha value is -2.52. The van der Waals surface area contributed by atoms with Gasteiger partial charge in [0.2, 0.25) is 0 Å². The van der Waals surface area contributed by atoms with E-state index in [0.29, 0.717) is 18.7 Å². The Morgan fingerprint density at radius 1 is 1.28 bits per heavy atom. The number of aliphatic carboxylic acids is 1. The monoisotopic (exact) mass is 460 g/mol. The molecule has 8 nitrogen and oxygen atoms in total. The Balaban J connectivity index is 1.98. The number of aromatic nitrogens is 2. The molecule has 0 bridgehead atoms. The Bertz CT molecular complexity index is 875. The van der Waals surface area contributed by atoms with Crippen molar-refractivity contribution in [1.82, 2.24) is 9.97 Å². The molecule has 1 atom stereocenters. The average Bonchev–Trinajstić information content (AvgIpc) is 2.81. The van der Waals surface area contributed by atoms with E-state index in [1.807, 2.05) is 23.9 Å². The number of thioether (sulfide) groups is 1. The summed E-state index contributed by atoms with van der Waals surface area (Å²) in [5.74, 6) is 1.26. The first-order chi connectivity index (χ1) is 15.5. The van der Waals surface area contributed by atoms with E-state index in [9.17, 15) is 9.90 Å². The van der Waals surface area contributed by atoms with E-state index in [0.717, 1.165) is 42.0 Å². The van der Waals surface area contributed by atoms with E-state index in [1.165, 1.54) is 18.6 Å². The van der Waals surface area contributed by atoms with Crippen molar-refractivity contribution in [3.63, 3.8) is 0 Å². The minimum Gasteiger partial charge on any atom is -0.481 e. The van der Waals surface area contributed by atoms with Crippen LogP contribution in [0.4, 0.5) is 17.1 Å². The number of hydrogen-bond donors (Lipinski definition) is 2. The molecular weight excluding hydrogens is 428 g/mol. The molecule has 9 heteroatoms. The summed E-state index contributed by atoms with van der Waals surface area (Å²) >= 11 is 2.01. The summed E-state index contributed by atoms with van der Waals surface area (Å²) in [7, 11) is 3.13. The summed E-state index contributed by atoms with van der Waals surface area (Å²) in [4.78, 5) is 22.2. The molecule has 2 N–H and O–H groups in total. The second-order valence-electron chi connectivity index (χ2n) is 7.74. The van der Waals surface area contributed by atoms with Crippen molar-refractivity contribution in [3.8, 4) is 6.01 Å². The third-order valence-corrected chi connectivity index (χ3v) is 6.70. The van der Waals surface area contributed by atoms with Crippen molar-refractivity contribution in [2.45, 2.75) is 38.1 Å². The minimum absolute atomic E-state index is 0.00954. The fourth-order valence-electron chi connectivity index (χ4n) is 4.11. The molecule has 1 aromatic heterocycles. The highest BCUT2D eigenvalue weighted by Crippen LogP contribution is 2.36. The molecule has 174 valence electrons. The first-order valence-electron chi connectivity index (χ1n) is 10.9. The summed E-state index contributed by atoms with van der Waals surface area (Å²) < 4.78 is 10.4. The van der Waals surface area contributed by atoms with Crippen LogP contribution in [0.25, 0.3) is 0 Å². The number of methoxy groups -OCH3 is 2. The number of carbonyl (C=O) groups is 1. The molecule has 3 rings (SSSR count). The van der Waals surface area contributed by atoms with E-state index in [4.69, 9.17) is 9.47 Å². The van der Waals surface area contributed by atoms with Crippen LogP contribution >= 0.6 is 11.8 Å². The van der Waals surface area contributed by atoms with E-state index in [2.05, 4.69) is 33.2 Å². The second-order valence-corrected chi connectivity index (χ2v) is 8.96. The Morgan fingerprint density at radius 2 is 2.00 bits per heavy atom. The van der Waals surface area contributed by atoms with Crippen LogP contribution in [0.5, 0.6) is 6.01 Å². The molecule has 1 aromatic carbocycles. The van der Waals surface area contributed by atoms with Gasteiger partial charge in [0.05, 0.1) is 49.6 Å². The minimum atomic E-state index is -0.843. The van der Waals surface area contributed by atoms with Gasteiger partial charge in [-0.3, -0.25) is 4.79 Å². The van der Waals surface area contributed by atoms with Crippen LogP contribution in [0.1, 0.15) is 37.7 Å². The zero-order valence-electron chi connectivity index (χ0n) is 18.9. The SMILES string of the molecule is CCN(c1ccc(C(COC)CC(=O)O)cc1Nc1cnc(OC)nc1)C1CCSCC1. The molecule has 1 saturated heterocycles. The number of hydrogen-bond acceptors (Lipinski definition) is 8. The van der Waals surface area contributed by atoms with Crippen LogP contribution in [0.2, 0.25) is 0 Å². The van der Waals surface area contributed by atoms with Crippen molar-refractivity contribution in [3.05, 3.63) is 36.2 Å². The van der Waals surface area contributed by atoms with Gasteiger partial charge in [-0.2, -0.15) is 11.8 Å². The quantitative estimate of drug-likeness (QED) is 0.512. The van der Waals surface area contributed by atoms with Gasteiger partial charge in [-0.1, -0.05) is 6.07 Å². The molecule has 1 fully saturated rings. The summed E-state index contributed by atoms with van der Waals surface area (Å²) in [6.07, 6.45) is 5.67. The average molecular weight is 461 g/mol. The molecule has 2 aromatic rings. The predicted octanol–water partition coefficient (Wildman–Crippen LogP) is 4.16. The first kappa shape index (κ1) is 24.1. The molecule has 1 aliphatic heterocycles. The van der Waals surface area contributed by atoms with Gasteiger partial charge in [0.25, 0.3) is 0 Å². The van der Waals surface area contributed by atoms with Crippen LogP contribution in [-0.2, 0) is 9.53 Å². The third kappa shape index (κ3) is 6.26. The largest absolute Gasteiger partial charge is 0.481 e. The van der Waals surface area contributed by atoms with Crippen LogP contribution in [0.15, 0.2) is 30.6 Å². The molecule has 32 heavy (non-hydrogen) atoms. The second kappa shape index (κ2) is 11.9. The lowest BCUT2D eigenvalue weighted by Gasteiger charge is -2.36. The van der Waals surface area contributed by atoms with Crippen LogP contribution in [0.3, 0.4) is 0 Å². The lowest BCUT2D eigenvalue weighted by Crippen LogP contribution is -2.38. The fraction of sp³-hybridized carbons (Fsp3) is 0.522. The van der Waals surface area contributed by atoms with E-state index >= 15 is 0 Å². The Morgan fingerprint density at radius 3 is 2.59 bits per heavy atom. The van der Waals surface area contributed by atoms with E-state index < -0.39 is 5.97 Å². The smallest absolute Gasteiger partial charge is 0.316 e. The van der Waals surface area contributed by atoms with Gasteiger partial charge in [0.1, 0.15) is 0 Å². The molecule has 0 radical (unpaired) electrons. The van der Waals surface area contributed by atoms with Gasteiger partial charge in [-0.05, 0) is 49.0 Å². The fourth-order valence-corrected chi connectivity index (χ4v) is 5.19. The molecule has 0 spiro atoms. The highest BCUT2D eigenvalue weighted by atomic mass is 32.2. The molecule has 1 aliphatic rings. The number of carboxylic acids is 1. The predicted molar refractivity (Wildman–Crippen MR) is 129 cm³/mol. The number of rotatable bonds is 11. The van der Waals surface area contributed by atoms with Crippen molar-refractivity contribution in [1.29, 1.82) is 0 Å². The van der Waals surface area contributed by atoms with Crippen molar-refractivity contribution >= 4 is 34.8 Å². The standard InChI is InChI=1S/C23H32N4O4S/c1-4-27(19-7-9-32-10-8-19)21-6-5-16(17(15-30-2)12-22(28)29)11-20(21)26-18-13-24-23(31-3)25-14-18/h5-6,11,13-14,17,19,26H,4,7-10,12,15H2,1-3H3,(H,28,29). The number of anilines is 3. The highest BCUT2D eigenvalue weighted by Gasteiger charge is 2.24. The number of benzene rings is 1. The van der Waals surface area contributed by atoms with Crippen molar-refractivity contribution in [2.24, 2.45) is 0 Å². The van der Waals surface area contributed by atoms with Gasteiger partial charge < -0.3 is 24.8 Å². The van der Waals surface area contributed by atoms with E-state index in [-0.39, 0.29) is 12.3 Å². The maximum atomic E-state index is 11.4. The molecule has 0 amide bonds. The lowest BCUT2D eigenvalue weighted by molar-refractivity contribution is -0.137. The van der Waals surface area contributed by atoms with Crippen LogP contribution in [-0.4, -0.2) is 66.0 Å². The zero-order valence-corrected chi connectivity index (χ0v) is 19.7. The Kier molecular flexibility index (Phi) is 8.99. The summed E-state index contributed by atoms with van der Waals surface area (Å²) in [5, 5.41) is 12.8. The third-order valence-electron chi connectivity index (χ3n) is 5.65. The number of ether oxygens (including phenoxy) is 2. The maximum absolute atomic E-state index is 11.4. The number of carboxylic acid groups (broad SMARTS) is 1. The number of nitrogens with zero attached hydrogens (tertiary/aromatic N) is 3. The van der Waals surface area contributed by atoms with Gasteiger partial charge in [0, 0.05) is 25.6 Å².